The molecule has 0 saturated heterocycles. The first-order valence-electron chi connectivity index (χ1n) is 7.34. The number of thioether (sulfide) groups is 1. The molecular weight excluding hydrogens is 381 g/mol. The van der Waals surface area contributed by atoms with Crippen LogP contribution in [0.2, 0.25) is 10.0 Å². The number of aromatic nitrogens is 2. The summed E-state index contributed by atoms with van der Waals surface area (Å²) < 4.78 is 1.68. The summed E-state index contributed by atoms with van der Waals surface area (Å²) in [5.74, 6) is 2.69. The lowest BCUT2D eigenvalue weighted by molar-refractivity contribution is -0.116. The van der Waals surface area contributed by atoms with E-state index < -0.39 is 5.92 Å². The molecule has 3 rings (SSSR count). The van der Waals surface area contributed by atoms with E-state index in [9.17, 15) is 9.59 Å². The number of rotatable bonds is 3. The summed E-state index contributed by atoms with van der Waals surface area (Å²) in [6.07, 6.45) is 5.41. The van der Waals surface area contributed by atoms with Crippen LogP contribution in [0, 0.1) is 12.3 Å². The predicted octanol–water partition coefficient (Wildman–Crippen LogP) is 3.29. The van der Waals surface area contributed by atoms with Gasteiger partial charge in [0, 0.05) is 19.4 Å². The normalized spacial score (nSPS) is 16.1. The Bertz CT molecular complexity index is 966. The number of nitrogens with zero attached hydrogens (tertiary/aromatic N) is 2. The van der Waals surface area contributed by atoms with E-state index in [1.165, 1.54) is 11.8 Å². The first-order chi connectivity index (χ1) is 11.9. The smallest absolute Gasteiger partial charge is 0.279 e. The molecule has 0 saturated carbocycles. The number of carbonyl (C=O) groups excluding carboxylic acids is 1. The van der Waals surface area contributed by atoms with Crippen LogP contribution in [-0.4, -0.2) is 21.2 Å². The van der Waals surface area contributed by atoms with Gasteiger partial charge in [-0.3, -0.25) is 9.59 Å². The van der Waals surface area contributed by atoms with Gasteiger partial charge in [-0.1, -0.05) is 47.0 Å². The van der Waals surface area contributed by atoms with Crippen molar-refractivity contribution in [3.8, 4) is 12.3 Å². The molecule has 1 amide bonds. The number of nitrogens with one attached hydrogen (secondary N) is 1. The van der Waals surface area contributed by atoms with Crippen LogP contribution in [0.15, 0.2) is 28.2 Å². The van der Waals surface area contributed by atoms with Crippen molar-refractivity contribution in [1.29, 1.82) is 0 Å². The Hall–Kier alpha value is -1.94. The minimum Gasteiger partial charge on any atom is -0.312 e. The molecule has 0 bridgehead atoms. The molecule has 1 unspecified atom stereocenters. The van der Waals surface area contributed by atoms with Gasteiger partial charge in [-0.05, 0) is 17.7 Å². The van der Waals surface area contributed by atoms with Crippen LogP contribution in [0.5, 0.6) is 0 Å². The largest absolute Gasteiger partial charge is 0.312 e. The summed E-state index contributed by atoms with van der Waals surface area (Å²) in [5, 5.41) is 4.01. The number of anilines is 1. The molecule has 5 nitrogen and oxygen atoms in total. The van der Waals surface area contributed by atoms with Crippen molar-refractivity contribution in [1.82, 2.24) is 9.55 Å². The van der Waals surface area contributed by atoms with Crippen molar-refractivity contribution in [3.63, 3.8) is 0 Å². The summed E-state index contributed by atoms with van der Waals surface area (Å²) in [7, 11) is 1.74. The number of fused-ring (bicyclic) bond motifs is 1. The standard InChI is InChI=1S/C17H13Cl2N3O2S/c1-3-6-25-17-21-16(24)14-10(8-13(23)20-15(14)22(17)2)9-4-5-11(18)12(19)7-9/h1,4-5,7,10H,6,8H2,2H3,(H,20,23). The van der Waals surface area contributed by atoms with Crippen molar-refractivity contribution in [2.45, 2.75) is 17.5 Å². The Labute approximate surface area is 158 Å². The van der Waals surface area contributed by atoms with Crippen LogP contribution in [-0.2, 0) is 11.8 Å². The predicted molar refractivity (Wildman–Crippen MR) is 101 cm³/mol. The minimum absolute atomic E-state index is 0.138. The molecule has 1 aromatic carbocycles. The van der Waals surface area contributed by atoms with E-state index in [4.69, 9.17) is 29.6 Å². The van der Waals surface area contributed by atoms with Gasteiger partial charge in [0.1, 0.15) is 5.82 Å². The highest BCUT2D eigenvalue weighted by molar-refractivity contribution is 7.99. The number of terminal acetylenes is 1. The van der Waals surface area contributed by atoms with Crippen molar-refractivity contribution in [2.24, 2.45) is 7.05 Å². The number of halogens is 2. The van der Waals surface area contributed by atoms with E-state index >= 15 is 0 Å². The maximum Gasteiger partial charge on any atom is 0.279 e. The number of carbonyl (C=O) groups is 1. The number of hydrogen-bond acceptors (Lipinski definition) is 4. The summed E-state index contributed by atoms with van der Waals surface area (Å²) in [6, 6.07) is 5.10. The summed E-state index contributed by atoms with van der Waals surface area (Å²) >= 11 is 13.3. The summed E-state index contributed by atoms with van der Waals surface area (Å²) in [5.41, 5.74) is 0.794. The van der Waals surface area contributed by atoms with Crippen molar-refractivity contribution in [3.05, 3.63) is 49.7 Å². The highest BCUT2D eigenvalue weighted by Crippen LogP contribution is 2.37. The van der Waals surface area contributed by atoms with Gasteiger partial charge in [0.25, 0.3) is 5.56 Å². The lowest BCUT2D eigenvalue weighted by Gasteiger charge is -2.27. The summed E-state index contributed by atoms with van der Waals surface area (Å²) in [6.45, 7) is 0. The zero-order valence-electron chi connectivity index (χ0n) is 13.2. The van der Waals surface area contributed by atoms with E-state index in [-0.39, 0.29) is 17.9 Å². The molecule has 25 heavy (non-hydrogen) atoms. The van der Waals surface area contributed by atoms with Crippen LogP contribution in [0.25, 0.3) is 0 Å². The molecule has 0 fully saturated rings. The fraction of sp³-hybridized carbons (Fsp3) is 0.235. The summed E-state index contributed by atoms with van der Waals surface area (Å²) in [4.78, 5) is 29.0. The van der Waals surface area contributed by atoms with Crippen LogP contribution in [0.3, 0.4) is 0 Å². The third-order valence-corrected chi connectivity index (χ3v) is 5.60. The van der Waals surface area contributed by atoms with Gasteiger partial charge in [-0.25, -0.2) is 0 Å². The quantitative estimate of drug-likeness (QED) is 0.493. The van der Waals surface area contributed by atoms with Gasteiger partial charge >= 0.3 is 0 Å². The fourth-order valence-electron chi connectivity index (χ4n) is 2.78. The molecule has 8 heteroatoms. The number of hydrogen-bond donors (Lipinski definition) is 1. The van der Waals surface area contributed by atoms with Crippen LogP contribution in [0.4, 0.5) is 5.82 Å². The lowest BCUT2D eigenvalue weighted by atomic mass is 9.87. The maximum atomic E-state index is 12.6. The molecular formula is C17H13Cl2N3O2S. The Morgan fingerprint density at radius 1 is 1.40 bits per heavy atom. The molecule has 1 aliphatic heterocycles. The van der Waals surface area contributed by atoms with Gasteiger partial charge in [0.15, 0.2) is 5.16 Å². The lowest BCUT2D eigenvalue weighted by Crippen LogP contribution is -2.33. The Morgan fingerprint density at radius 2 is 2.16 bits per heavy atom. The highest BCUT2D eigenvalue weighted by Gasteiger charge is 2.32. The Kier molecular flexibility index (Phi) is 5.09. The van der Waals surface area contributed by atoms with Crippen LogP contribution < -0.4 is 10.9 Å². The van der Waals surface area contributed by atoms with Crippen molar-refractivity contribution >= 4 is 46.7 Å². The molecule has 1 N–H and O–H groups in total. The van der Waals surface area contributed by atoms with Gasteiger partial charge in [0.05, 0.1) is 21.4 Å². The molecule has 128 valence electrons. The van der Waals surface area contributed by atoms with E-state index in [0.29, 0.717) is 32.3 Å². The first kappa shape index (κ1) is 17.9. The van der Waals surface area contributed by atoms with E-state index in [2.05, 4.69) is 16.2 Å². The van der Waals surface area contributed by atoms with Crippen LogP contribution in [0.1, 0.15) is 23.5 Å². The molecule has 1 atom stereocenters. The van der Waals surface area contributed by atoms with Gasteiger partial charge in [-0.2, -0.15) is 4.98 Å². The first-order valence-corrected chi connectivity index (χ1v) is 9.08. The highest BCUT2D eigenvalue weighted by atomic mass is 35.5. The Balaban J connectivity index is 2.16. The van der Waals surface area contributed by atoms with Gasteiger partial charge in [0.2, 0.25) is 5.91 Å². The van der Waals surface area contributed by atoms with E-state index in [1.807, 2.05) is 0 Å². The third-order valence-electron chi connectivity index (χ3n) is 3.93. The average Bonchev–Trinajstić information content (AvgIpc) is 2.58. The average molecular weight is 394 g/mol. The number of amides is 1. The second kappa shape index (κ2) is 7.12. The topological polar surface area (TPSA) is 64.0 Å². The van der Waals surface area contributed by atoms with Crippen molar-refractivity contribution < 1.29 is 4.79 Å². The fourth-order valence-corrected chi connectivity index (χ4v) is 3.74. The second-order valence-corrected chi connectivity index (χ2v) is 7.25. The molecule has 0 aliphatic carbocycles. The zero-order valence-corrected chi connectivity index (χ0v) is 15.5. The van der Waals surface area contributed by atoms with E-state index in [1.54, 1.807) is 29.8 Å². The number of benzene rings is 1. The maximum absolute atomic E-state index is 12.6. The SMILES string of the molecule is C#CCSc1nc(=O)c2c(n1C)NC(=O)CC2c1ccc(Cl)c(Cl)c1. The molecule has 1 aliphatic rings. The second-order valence-electron chi connectivity index (χ2n) is 5.49. The third kappa shape index (κ3) is 3.40. The Morgan fingerprint density at radius 3 is 2.84 bits per heavy atom. The van der Waals surface area contributed by atoms with Crippen molar-refractivity contribution in [2.75, 3.05) is 11.1 Å². The monoisotopic (exact) mass is 393 g/mol. The van der Waals surface area contributed by atoms with Gasteiger partial charge < -0.3 is 9.88 Å². The molecule has 0 spiro atoms. The molecule has 2 aromatic rings. The molecule has 0 radical (unpaired) electrons. The zero-order chi connectivity index (χ0) is 18.1. The van der Waals surface area contributed by atoms with Gasteiger partial charge in [-0.15, -0.1) is 6.42 Å². The molecule has 1 aromatic heterocycles. The van der Waals surface area contributed by atoms with Crippen LogP contribution >= 0.6 is 35.0 Å². The minimum atomic E-state index is -0.434. The van der Waals surface area contributed by atoms with E-state index in [0.717, 1.165) is 5.56 Å². The molecule has 2 heterocycles.